The fourth-order valence-electron chi connectivity index (χ4n) is 3.62. The first-order valence-corrected chi connectivity index (χ1v) is 11.2. The summed E-state index contributed by atoms with van der Waals surface area (Å²) in [6, 6.07) is 4.99. The van der Waals surface area contributed by atoms with Crippen molar-refractivity contribution in [2.24, 2.45) is 11.3 Å². The van der Waals surface area contributed by atoms with E-state index in [0.717, 1.165) is 0 Å². The highest BCUT2D eigenvalue weighted by Gasteiger charge is 2.39. The van der Waals surface area contributed by atoms with E-state index in [1.165, 1.54) is 23.1 Å². The third-order valence-corrected chi connectivity index (χ3v) is 5.70. The molecule has 5 nitrogen and oxygen atoms in total. The minimum Gasteiger partial charge on any atom is -0.490 e. The zero-order valence-electron chi connectivity index (χ0n) is 20.1. The molecule has 0 radical (unpaired) electrons. The van der Waals surface area contributed by atoms with Gasteiger partial charge in [0.05, 0.1) is 22.2 Å². The molecule has 2 aromatic rings. The monoisotopic (exact) mass is 516 g/mol. The highest BCUT2D eigenvalue weighted by Crippen LogP contribution is 2.39. The van der Waals surface area contributed by atoms with Crippen LogP contribution >= 0.6 is 0 Å². The lowest BCUT2D eigenvalue weighted by Crippen LogP contribution is -2.42. The normalized spacial score (nSPS) is 15.9. The lowest BCUT2D eigenvalue weighted by Gasteiger charge is -2.28. The van der Waals surface area contributed by atoms with Crippen LogP contribution in [0.3, 0.4) is 0 Å². The van der Waals surface area contributed by atoms with Crippen molar-refractivity contribution in [1.82, 2.24) is 0 Å². The van der Waals surface area contributed by atoms with E-state index in [1.54, 1.807) is 13.8 Å². The van der Waals surface area contributed by atoms with E-state index < -0.39 is 40.4 Å². The molecular weight excluding hydrogens is 490 g/mol. The van der Waals surface area contributed by atoms with Crippen molar-refractivity contribution < 1.29 is 40.7 Å². The quantitative estimate of drug-likeness (QED) is 0.446. The Bertz CT molecular complexity index is 1120. The van der Waals surface area contributed by atoms with Crippen LogP contribution in [0.4, 0.5) is 37.7 Å². The third kappa shape index (κ3) is 6.11. The molecule has 196 valence electrons. The van der Waals surface area contributed by atoms with Crippen LogP contribution in [0.15, 0.2) is 36.4 Å². The summed E-state index contributed by atoms with van der Waals surface area (Å²) in [5.41, 5.74) is -4.40. The number of nitrogens with zero attached hydrogens (tertiary/aromatic N) is 1. The molecule has 0 fully saturated rings. The summed E-state index contributed by atoms with van der Waals surface area (Å²) in [5, 5.41) is 2.34. The van der Waals surface area contributed by atoms with E-state index in [0.29, 0.717) is 36.5 Å². The first kappa shape index (κ1) is 27.3. The number of nitrogens with one attached hydrogen (secondary N) is 1. The van der Waals surface area contributed by atoms with Crippen molar-refractivity contribution >= 4 is 23.2 Å². The van der Waals surface area contributed by atoms with Crippen molar-refractivity contribution in [2.75, 3.05) is 23.4 Å². The topological polar surface area (TPSA) is 58.6 Å². The van der Waals surface area contributed by atoms with Crippen LogP contribution in [0.5, 0.6) is 5.75 Å². The molecule has 1 aliphatic rings. The van der Waals surface area contributed by atoms with E-state index >= 15 is 0 Å². The van der Waals surface area contributed by atoms with Gasteiger partial charge >= 0.3 is 12.4 Å². The summed E-state index contributed by atoms with van der Waals surface area (Å²) < 4.78 is 84.8. The molecule has 0 atom stereocenters. The van der Waals surface area contributed by atoms with Crippen molar-refractivity contribution in [2.45, 2.75) is 46.5 Å². The van der Waals surface area contributed by atoms with Crippen LogP contribution in [-0.2, 0) is 17.1 Å². The molecule has 0 saturated heterocycles. The third-order valence-electron chi connectivity index (χ3n) is 5.70. The zero-order valence-corrected chi connectivity index (χ0v) is 20.1. The molecular formula is C25H26F6N2O3. The number of rotatable bonds is 5. The van der Waals surface area contributed by atoms with Crippen LogP contribution in [0.2, 0.25) is 0 Å². The number of halogens is 6. The van der Waals surface area contributed by atoms with E-state index in [4.69, 9.17) is 4.74 Å². The minimum atomic E-state index is -5.08. The highest BCUT2D eigenvalue weighted by atomic mass is 19.4. The van der Waals surface area contributed by atoms with Gasteiger partial charge in [0.15, 0.2) is 0 Å². The molecule has 0 aliphatic carbocycles. The van der Waals surface area contributed by atoms with Crippen molar-refractivity contribution in [3.8, 4) is 5.75 Å². The molecule has 0 bridgehead atoms. The van der Waals surface area contributed by atoms with E-state index in [2.05, 4.69) is 5.32 Å². The maximum Gasteiger partial charge on any atom is 0.416 e. The lowest BCUT2D eigenvalue weighted by molar-refractivity contribution is -0.143. The number of carbonyl (C=O) groups is 2. The molecule has 2 aromatic carbocycles. The van der Waals surface area contributed by atoms with Crippen molar-refractivity contribution in [1.29, 1.82) is 0 Å². The Labute approximate surface area is 204 Å². The van der Waals surface area contributed by atoms with Gasteiger partial charge in [-0.25, -0.2) is 0 Å². The van der Waals surface area contributed by atoms with E-state index in [1.807, 2.05) is 13.8 Å². The second-order valence-corrected chi connectivity index (χ2v) is 9.74. The Kier molecular flexibility index (Phi) is 7.34. The molecule has 1 N–H and O–H groups in total. The van der Waals surface area contributed by atoms with Gasteiger partial charge in [-0.3, -0.25) is 9.59 Å². The number of amides is 2. The van der Waals surface area contributed by atoms with Gasteiger partial charge in [-0.1, -0.05) is 13.8 Å². The Morgan fingerprint density at radius 1 is 1.03 bits per heavy atom. The summed E-state index contributed by atoms with van der Waals surface area (Å²) in [6.45, 7) is 7.91. The van der Waals surface area contributed by atoms with Gasteiger partial charge in [-0.15, -0.1) is 0 Å². The summed E-state index contributed by atoms with van der Waals surface area (Å²) in [4.78, 5) is 27.5. The maximum atomic E-state index is 13.2. The van der Waals surface area contributed by atoms with Gasteiger partial charge in [0.2, 0.25) is 5.91 Å². The Morgan fingerprint density at radius 3 is 2.14 bits per heavy atom. The van der Waals surface area contributed by atoms with Gasteiger partial charge < -0.3 is 15.0 Å². The Hall–Kier alpha value is -3.24. The predicted molar refractivity (Wildman–Crippen MR) is 122 cm³/mol. The van der Waals surface area contributed by atoms with Crippen LogP contribution in [-0.4, -0.2) is 25.0 Å². The van der Waals surface area contributed by atoms with Gasteiger partial charge in [0.25, 0.3) is 5.91 Å². The van der Waals surface area contributed by atoms with Crippen molar-refractivity contribution in [3.05, 3.63) is 53.1 Å². The first-order chi connectivity index (χ1) is 16.5. The maximum absolute atomic E-state index is 13.2. The van der Waals surface area contributed by atoms with Gasteiger partial charge in [0, 0.05) is 17.8 Å². The van der Waals surface area contributed by atoms with E-state index in [-0.39, 0.29) is 30.2 Å². The van der Waals surface area contributed by atoms with Crippen LogP contribution in [0.1, 0.15) is 55.6 Å². The average Bonchev–Trinajstić information content (AvgIpc) is 2.85. The summed E-state index contributed by atoms with van der Waals surface area (Å²) in [7, 11) is 0. The first-order valence-electron chi connectivity index (χ1n) is 11.2. The van der Waals surface area contributed by atoms with Crippen LogP contribution in [0.25, 0.3) is 0 Å². The second-order valence-electron chi connectivity index (χ2n) is 9.74. The smallest absolute Gasteiger partial charge is 0.416 e. The number of benzene rings is 2. The Morgan fingerprint density at radius 2 is 1.61 bits per heavy atom. The molecule has 11 heteroatoms. The summed E-state index contributed by atoms with van der Waals surface area (Å²) >= 11 is 0. The fraction of sp³-hybridized carbons (Fsp3) is 0.440. The minimum absolute atomic E-state index is 0.0452. The van der Waals surface area contributed by atoms with Crippen LogP contribution < -0.4 is 15.0 Å². The molecule has 0 aromatic heterocycles. The largest absolute Gasteiger partial charge is 0.490 e. The van der Waals surface area contributed by atoms with Gasteiger partial charge in [-0.2, -0.15) is 26.3 Å². The Balaban J connectivity index is 1.98. The molecule has 1 aliphatic heterocycles. The van der Waals surface area contributed by atoms with E-state index in [9.17, 15) is 35.9 Å². The number of carbonyl (C=O) groups excluding carboxylic acids is 2. The SMILES string of the molecule is CC(C)CCN1C(=O)C(C)(C)COc2ccc(NC(=O)c3cc(C(F)(F)F)cc(C(F)(F)F)c3)cc21. The molecule has 2 amide bonds. The number of ether oxygens (including phenoxy) is 1. The molecule has 1 heterocycles. The molecule has 3 rings (SSSR count). The number of alkyl halides is 6. The van der Waals surface area contributed by atoms with Gasteiger partial charge in [0.1, 0.15) is 12.4 Å². The van der Waals surface area contributed by atoms with Crippen LogP contribution in [0, 0.1) is 11.3 Å². The number of fused-ring (bicyclic) bond motifs is 1. The summed E-state index contributed by atoms with van der Waals surface area (Å²) in [5.74, 6) is -0.728. The lowest BCUT2D eigenvalue weighted by atomic mass is 9.92. The second kappa shape index (κ2) is 9.67. The zero-order chi connectivity index (χ0) is 27.1. The molecule has 0 saturated carbocycles. The predicted octanol–water partition coefficient (Wildman–Crippen LogP) is 6.77. The molecule has 36 heavy (non-hydrogen) atoms. The highest BCUT2D eigenvalue weighted by molar-refractivity contribution is 6.05. The fourth-order valence-corrected chi connectivity index (χ4v) is 3.62. The standard InChI is InChI=1S/C25H26F6N2O3/c1-14(2)7-8-33-19-12-18(5-6-20(19)36-13-23(3,4)22(33)35)32-21(34)15-9-16(24(26,27)28)11-17(10-15)25(29,30)31/h5-6,9-12,14H,7-8,13H2,1-4H3,(H,32,34). The number of hydrogen-bond acceptors (Lipinski definition) is 3. The van der Waals surface area contributed by atoms with Gasteiger partial charge in [-0.05, 0) is 62.6 Å². The molecule has 0 spiro atoms. The molecule has 0 unspecified atom stereocenters. The number of anilines is 2. The summed E-state index contributed by atoms with van der Waals surface area (Å²) in [6.07, 6.45) is -9.49. The average molecular weight is 516 g/mol. The van der Waals surface area contributed by atoms with Crippen molar-refractivity contribution in [3.63, 3.8) is 0 Å². The number of hydrogen-bond donors (Lipinski definition) is 1.